The first-order chi connectivity index (χ1) is 11.6. The number of oxime groups is 1. The molecule has 24 heavy (non-hydrogen) atoms. The zero-order chi connectivity index (χ0) is 16.9. The molecule has 5 nitrogen and oxygen atoms in total. The van der Waals surface area contributed by atoms with Crippen molar-refractivity contribution in [1.82, 2.24) is 5.16 Å². The Hall–Kier alpha value is -2.92. The summed E-state index contributed by atoms with van der Waals surface area (Å²) in [7, 11) is 0. The fourth-order valence-electron chi connectivity index (χ4n) is 1.98. The van der Waals surface area contributed by atoms with Crippen molar-refractivity contribution in [2.75, 3.05) is 0 Å². The Morgan fingerprint density at radius 1 is 1.12 bits per heavy atom. The van der Waals surface area contributed by atoms with Gasteiger partial charge >= 0.3 is 5.97 Å². The Labute approximate surface area is 143 Å². The van der Waals surface area contributed by atoms with Crippen molar-refractivity contribution in [3.8, 4) is 11.3 Å². The van der Waals surface area contributed by atoms with Crippen LogP contribution in [0.2, 0.25) is 5.02 Å². The van der Waals surface area contributed by atoms with Gasteiger partial charge in [-0.3, -0.25) is 0 Å². The number of hydrogen-bond acceptors (Lipinski definition) is 5. The van der Waals surface area contributed by atoms with E-state index in [1.807, 2.05) is 30.3 Å². The summed E-state index contributed by atoms with van der Waals surface area (Å²) in [6.07, 6.45) is 0. The van der Waals surface area contributed by atoms with Crippen LogP contribution in [0.5, 0.6) is 0 Å². The predicted octanol–water partition coefficient (Wildman–Crippen LogP) is 4.58. The van der Waals surface area contributed by atoms with Crippen LogP contribution in [0.25, 0.3) is 11.3 Å². The molecule has 0 aliphatic heterocycles. The summed E-state index contributed by atoms with van der Waals surface area (Å²) in [4.78, 5) is 16.8. The van der Waals surface area contributed by atoms with E-state index < -0.39 is 5.97 Å². The molecule has 0 unspecified atom stereocenters. The number of rotatable bonds is 4. The van der Waals surface area contributed by atoms with Crippen LogP contribution in [0.15, 0.2) is 70.3 Å². The lowest BCUT2D eigenvalue weighted by Gasteiger charge is -1.99. The average molecular weight is 341 g/mol. The van der Waals surface area contributed by atoms with Gasteiger partial charge in [-0.25, -0.2) is 4.79 Å². The van der Waals surface area contributed by atoms with E-state index in [4.69, 9.17) is 21.0 Å². The normalized spacial score (nSPS) is 11.3. The van der Waals surface area contributed by atoms with E-state index >= 15 is 0 Å². The van der Waals surface area contributed by atoms with Gasteiger partial charge < -0.3 is 9.36 Å². The molecule has 0 spiro atoms. The highest BCUT2D eigenvalue weighted by atomic mass is 35.5. The molecule has 3 aromatic rings. The summed E-state index contributed by atoms with van der Waals surface area (Å²) < 4.78 is 5.25. The van der Waals surface area contributed by atoms with Crippen molar-refractivity contribution in [3.63, 3.8) is 0 Å². The highest BCUT2D eigenvalue weighted by Crippen LogP contribution is 2.19. The Morgan fingerprint density at radius 2 is 1.83 bits per heavy atom. The predicted molar refractivity (Wildman–Crippen MR) is 91.0 cm³/mol. The molecule has 0 saturated carbocycles. The first kappa shape index (κ1) is 16.0. The van der Waals surface area contributed by atoms with Gasteiger partial charge in [0.25, 0.3) is 0 Å². The van der Waals surface area contributed by atoms with Gasteiger partial charge in [-0.15, -0.1) is 0 Å². The lowest BCUT2D eigenvalue weighted by Crippen LogP contribution is -2.03. The first-order valence-electron chi connectivity index (χ1n) is 7.17. The molecule has 0 aliphatic carbocycles. The Kier molecular flexibility index (Phi) is 4.72. The molecule has 0 bridgehead atoms. The molecule has 1 heterocycles. The van der Waals surface area contributed by atoms with E-state index in [0.717, 1.165) is 5.56 Å². The van der Waals surface area contributed by atoms with Gasteiger partial charge in [-0.2, -0.15) is 0 Å². The summed E-state index contributed by atoms with van der Waals surface area (Å²) in [5.74, 6) is -0.147. The van der Waals surface area contributed by atoms with Gasteiger partial charge in [-0.05, 0) is 31.2 Å². The van der Waals surface area contributed by atoms with Crippen molar-refractivity contribution in [3.05, 3.63) is 77.0 Å². The topological polar surface area (TPSA) is 64.7 Å². The summed E-state index contributed by atoms with van der Waals surface area (Å²) in [6, 6.07) is 17.7. The molecular formula is C18H13ClN2O3. The molecule has 0 amide bonds. The Balaban J connectivity index is 1.71. The van der Waals surface area contributed by atoms with Gasteiger partial charge in [0, 0.05) is 16.7 Å². The van der Waals surface area contributed by atoms with Crippen molar-refractivity contribution >= 4 is 23.3 Å². The van der Waals surface area contributed by atoms with Crippen LogP contribution in [0.4, 0.5) is 0 Å². The molecule has 3 rings (SSSR count). The summed E-state index contributed by atoms with van der Waals surface area (Å²) >= 11 is 5.78. The third-order valence-electron chi connectivity index (χ3n) is 3.28. The monoisotopic (exact) mass is 340 g/mol. The maximum absolute atomic E-state index is 11.9. The van der Waals surface area contributed by atoms with E-state index in [-0.39, 0.29) is 0 Å². The van der Waals surface area contributed by atoms with E-state index in [9.17, 15) is 4.79 Å². The largest absolute Gasteiger partial charge is 0.365 e. The second-order valence-electron chi connectivity index (χ2n) is 5.00. The third kappa shape index (κ3) is 3.70. The number of carbonyl (C=O) groups is 1. The maximum Gasteiger partial charge on any atom is 0.365 e. The molecule has 0 N–H and O–H groups in total. The molecule has 6 heteroatoms. The smallest absolute Gasteiger partial charge is 0.354 e. The minimum Gasteiger partial charge on any atom is -0.354 e. The fraction of sp³-hybridized carbons (Fsp3) is 0.0556. The van der Waals surface area contributed by atoms with Crippen molar-refractivity contribution in [2.45, 2.75) is 6.92 Å². The number of benzene rings is 2. The molecule has 2 aromatic carbocycles. The Bertz CT molecular complexity index is 871. The lowest BCUT2D eigenvalue weighted by atomic mass is 10.1. The minimum absolute atomic E-state index is 0.360. The van der Waals surface area contributed by atoms with Crippen LogP contribution in [0.3, 0.4) is 0 Å². The van der Waals surface area contributed by atoms with E-state index in [1.54, 1.807) is 37.3 Å². The fourth-order valence-corrected chi connectivity index (χ4v) is 2.11. The number of carbonyl (C=O) groups excluding carboxylic acids is 1. The van der Waals surface area contributed by atoms with Crippen molar-refractivity contribution in [2.24, 2.45) is 5.16 Å². The minimum atomic E-state index is -0.575. The standard InChI is InChI=1S/C18H13ClN2O3/c1-12(20-24-18(22)14-7-9-15(19)10-8-14)17-11-16(21-23-17)13-5-3-2-4-6-13/h2-11H,1H3/b20-12+. The van der Waals surface area contributed by atoms with Crippen LogP contribution in [-0.2, 0) is 4.84 Å². The molecule has 0 saturated heterocycles. The Morgan fingerprint density at radius 3 is 2.54 bits per heavy atom. The zero-order valence-corrected chi connectivity index (χ0v) is 13.5. The van der Waals surface area contributed by atoms with Crippen LogP contribution >= 0.6 is 11.6 Å². The SMILES string of the molecule is C/C(=N\OC(=O)c1ccc(Cl)cc1)c1cc(-c2ccccc2)no1. The number of halogens is 1. The number of aromatic nitrogens is 1. The molecule has 0 aliphatic rings. The third-order valence-corrected chi connectivity index (χ3v) is 3.53. The van der Waals surface area contributed by atoms with Crippen LogP contribution in [0, 0.1) is 0 Å². The summed E-state index contributed by atoms with van der Waals surface area (Å²) in [6.45, 7) is 1.67. The molecular weight excluding hydrogens is 328 g/mol. The molecule has 120 valence electrons. The second kappa shape index (κ2) is 7.10. The zero-order valence-electron chi connectivity index (χ0n) is 12.8. The van der Waals surface area contributed by atoms with Gasteiger partial charge in [0.1, 0.15) is 11.4 Å². The summed E-state index contributed by atoms with van der Waals surface area (Å²) in [5.41, 5.74) is 2.38. The molecule has 0 radical (unpaired) electrons. The van der Waals surface area contributed by atoms with Gasteiger partial charge in [-0.1, -0.05) is 52.2 Å². The van der Waals surface area contributed by atoms with Gasteiger partial charge in [0.15, 0.2) is 5.76 Å². The number of hydrogen-bond donors (Lipinski definition) is 0. The molecule has 0 fully saturated rings. The van der Waals surface area contributed by atoms with Crippen LogP contribution in [-0.4, -0.2) is 16.8 Å². The molecule has 1 aromatic heterocycles. The first-order valence-corrected chi connectivity index (χ1v) is 7.55. The highest BCUT2D eigenvalue weighted by Gasteiger charge is 2.11. The van der Waals surface area contributed by atoms with Crippen LogP contribution in [0.1, 0.15) is 23.0 Å². The van der Waals surface area contributed by atoms with E-state index in [0.29, 0.717) is 27.8 Å². The number of nitrogens with zero attached hydrogens (tertiary/aromatic N) is 2. The molecule has 0 atom stereocenters. The lowest BCUT2D eigenvalue weighted by molar-refractivity contribution is 0.0516. The maximum atomic E-state index is 11.9. The quantitative estimate of drug-likeness (QED) is 0.396. The van der Waals surface area contributed by atoms with E-state index in [2.05, 4.69) is 10.3 Å². The van der Waals surface area contributed by atoms with Crippen molar-refractivity contribution < 1.29 is 14.2 Å². The van der Waals surface area contributed by atoms with E-state index in [1.165, 1.54) is 0 Å². The summed E-state index contributed by atoms with van der Waals surface area (Å²) in [5, 5.41) is 8.33. The van der Waals surface area contributed by atoms with Crippen molar-refractivity contribution in [1.29, 1.82) is 0 Å². The average Bonchev–Trinajstić information content (AvgIpc) is 3.11. The van der Waals surface area contributed by atoms with Gasteiger partial charge in [0.2, 0.25) is 0 Å². The van der Waals surface area contributed by atoms with Gasteiger partial charge in [0.05, 0.1) is 5.56 Å². The second-order valence-corrected chi connectivity index (χ2v) is 5.44. The highest BCUT2D eigenvalue weighted by molar-refractivity contribution is 6.30. The van der Waals surface area contributed by atoms with Crippen LogP contribution < -0.4 is 0 Å².